The van der Waals surface area contributed by atoms with Gasteiger partial charge in [0.05, 0.1) is 5.69 Å². The van der Waals surface area contributed by atoms with Gasteiger partial charge in [-0.1, -0.05) is 23.3 Å². The molecule has 0 bridgehead atoms. The van der Waals surface area contributed by atoms with Crippen molar-refractivity contribution in [1.29, 1.82) is 0 Å². The summed E-state index contributed by atoms with van der Waals surface area (Å²) < 4.78 is 1.95. The lowest BCUT2D eigenvalue weighted by Crippen LogP contribution is -2.39. The number of aromatic nitrogens is 3. The van der Waals surface area contributed by atoms with E-state index in [1.807, 2.05) is 35.9 Å². The number of rotatable bonds is 5. The van der Waals surface area contributed by atoms with Gasteiger partial charge in [0.1, 0.15) is 5.82 Å². The molecule has 6 nitrogen and oxygen atoms in total. The van der Waals surface area contributed by atoms with Crippen molar-refractivity contribution in [3.63, 3.8) is 0 Å². The van der Waals surface area contributed by atoms with Gasteiger partial charge in [-0.3, -0.25) is 4.79 Å². The molecule has 1 fully saturated rings. The van der Waals surface area contributed by atoms with Crippen molar-refractivity contribution in [1.82, 2.24) is 14.6 Å². The van der Waals surface area contributed by atoms with Crippen molar-refractivity contribution in [2.45, 2.75) is 38.5 Å². The predicted octanol–water partition coefficient (Wildman–Crippen LogP) is 5.90. The number of aryl methyl sites for hydroxylation is 3. The maximum atomic E-state index is 12.9. The Morgan fingerprint density at radius 3 is 2.46 bits per heavy atom. The zero-order valence-electron chi connectivity index (χ0n) is 20.7. The molecule has 1 aliphatic rings. The first-order chi connectivity index (χ1) is 16.9. The van der Waals surface area contributed by atoms with E-state index in [2.05, 4.69) is 60.5 Å². The summed E-state index contributed by atoms with van der Waals surface area (Å²) in [6.45, 7) is 7.86. The molecule has 0 aliphatic carbocycles. The summed E-state index contributed by atoms with van der Waals surface area (Å²) in [6, 6.07) is 18.7. The summed E-state index contributed by atoms with van der Waals surface area (Å²) in [4.78, 5) is 21.1. The largest absolute Gasteiger partial charge is 0.356 e. The summed E-state index contributed by atoms with van der Waals surface area (Å²) in [6.07, 6.45) is 3.66. The Morgan fingerprint density at radius 1 is 1.00 bits per heavy atom. The summed E-state index contributed by atoms with van der Waals surface area (Å²) in [5, 5.41) is 8.05. The maximum absolute atomic E-state index is 12.9. The van der Waals surface area contributed by atoms with E-state index in [4.69, 9.17) is 10.1 Å². The topological polar surface area (TPSA) is 62.5 Å². The van der Waals surface area contributed by atoms with Crippen LogP contribution in [0, 0.1) is 26.7 Å². The first-order valence-corrected chi connectivity index (χ1v) is 13.3. The Bertz CT molecular complexity index is 1370. The van der Waals surface area contributed by atoms with Crippen LogP contribution in [0.15, 0.2) is 59.5 Å². The Morgan fingerprint density at radius 2 is 1.74 bits per heavy atom. The molecule has 2 aromatic heterocycles. The highest BCUT2D eigenvalue weighted by atomic mass is 32.2. The number of hydrogen-bond acceptors (Lipinski definition) is 5. The smallest absolute Gasteiger partial charge is 0.227 e. The van der Waals surface area contributed by atoms with Gasteiger partial charge < -0.3 is 10.2 Å². The molecule has 4 aromatic rings. The molecule has 5 rings (SSSR count). The highest BCUT2D eigenvalue weighted by molar-refractivity contribution is 7.98. The molecule has 3 heterocycles. The predicted molar refractivity (Wildman–Crippen MR) is 144 cm³/mol. The van der Waals surface area contributed by atoms with Crippen molar-refractivity contribution in [2.24, 2.45) is 5.92 Å². The Balaban J connectivity index is 1.34. The zero-order valence-corrected chi connectivity index (χ0v) is 21.5. The van der Waals surface area contributed by atoms with E-state index in [0.717, 1.165) is 64.9 Å². The monoisotopic (exact) mass is 485 g/mol. The molecular weight excluding hydrogens is 454 g/mol. The minimum absolute atomic E-state index is 0.00561. The molecule has 1 N–H and O–H groups in total. The van der Waals surface area contributed by atoms with Gasteiger partial charge in [-0.15, -0.1) is 11.8 Å². The molecule has 0 spiro atoms. The number of amides is 1. The average Bonchev–Trinajstić information content (AvgIpc) is 3.27. The van der Waals surface area contributed by atoms with Crippen LogP contribution in [0.2, 0.25) is 0 Å². The Hall–Kier alpha value is -3.32. The van der Waals surface area contributed by atoms with Crippen LogP contribution < -0.4 is 10.2 Å². The van der Waals surface area contributed by atoms with Gasteiger partial charge in [0.25, 0.3) is 0 Å². The van der Waals surface area contributed by atoms with Gasteiger partial charge >= 0.3 is 0 Å². The van der Waals surface area contributed by atoms with E-state index in [0.29, 0.717) is 0 Å². The molecule has 0 unspecified atom stereocenters. The maximum Gasteiger partial charge on any atom is 0.227 e. The van der Waals surface area contributed by atoms with Gasteiger partial charge in [-0.05, 0) is 70.2 Å². The molecule has 0 atom stereocenters. The molecule has 2 aromatic carbocycles. The summed E-state index contributed by atoms with van der Waals surface area (Å²) >= 11 is 1.68. The second-order valence-corrected chi connectivity index (χ2v) is 10.3. The van der Waals surface area contributed by atoms with Gasteiger partial charge in [-0.25, -0.2) is 4.98 Å². The van der Waals surface area contributed by atoms with Crippen LogP contribution in [0.4, 0.5) is 11.5 Å². The number of nitrogens with one attached hydrogen (secondary N) is 1. The lowest BCUT2D eigenvalue weighted by molar-refractivity contribution is -0.120. The normalized spacial score (nSPS) is 14.5. The molecule has 0 radical (unpaired) electrons. The van der Waals surface area contributed by atoms with Crippen molar-refractivity contribution in [3.8, 4) is 11.3 Å². The standard InChI is InChI=1S/C28H31N5OS/c1-18-12-19(2)14-22(13-18)25-17-26-29-20(3)15-27(33(26)31-25)32-10-8-21(9-11-32)28(34)30-23-6-5-7-24(16-23)35-4/h5-7,12-17,21H,8-11H2,1-4H3,(H,30,34). The summed E-state index contributed by atoms with van der Waals surface area (Å²) in [5.74, 6) is 1.15. The van der Waals surface area contributed by atoms with Gasteiger partial charge in [0.2, 0.25) is 5.91 Å². The fourth-order valence-corrected chi connectivity index (χ4v) is 5.34. The number of hydrogen-bond donors (Lipinski definition) is 1. The van der Waals surface area contributed by atoms with Gasteiger partial charge in [0, 0.05) is 53.0 Å². The van der Waals surface area contributed by atoms with E-state index in [1.165, 1.54) is 11.1 Å². The lowest BCUT2D eigenvalue weighted by Gasteiger charge is -2.33. The molecule has 7 heteroatoms. The fraction of sp³-hybridized carbons (Fsp3) is 0.321. The molecule has 0 saturated carbocycles. The third-order valence-corrected chi connectivity index (χ3v) is 7.31. The fourth-order valence-electron chi connectivity index (χ4n) is 4.89. The van der Waals surface area contributed by atoms with Crippen LogP contribution in [-0.2, 0) is 4.79 Å². The van der Waals surface area contributed by atoms with Crippen molar-refractivity contribution in [2.75, 3.05) is 29.6 Å². The van der Waals surface area contributed by atoms with Crippen LogP contribution in [-0.4, -0.2) is 39.9 Å². The van der Waals surface area contributed by atoms with E-state index in [1.54, 1.807) is 11.8 Å². The SMILES string of the molecule is CSc1cccc(NC(=O)C2CCN(c3cc(C)nc4cc(-c5cc(C)cc(C)c5)nn34)CC2)c1. The minimum Gasteiger partial charge on any atom is -0.356 e. The number of nitrogens with zero attached hydrogens (tertiary/aromatic N) is 4. The summed E-state index contributed by atoms with van der Waals surface area (Å²) in [7, 11) is 0. The third kappa shape index (κ3) is 5.05. The molecule has 1 saturated heterocycles. The van der Waals surface area contributed by atoms with E-state index in [-0.39, 0.29) is 11.8 Å². The first-order valence-electron chi connectivity index (χ1n) is 12.1. The van der Waals surface area contributed by atoms with Crippen LogP contribution >= 0.6 is 11.8 Å². The minimum atomic E-state index is 0.00561. The van der Waals surface area contributed by atoms with Crippen molar-refractivity contribution < 1.29 is 4.79 Å². The van der Waals surface area contributed by atoms with Crippen LogP contribution in [0.1, 0.15) is 29.7 Å². The van der Waals surface area contributed by atoms with Gasteiger partial charge in [0.15, 0.2) is 5.65 Å². The number of fused-ring (bicyclic) bond motifs is 1. The Kier molecular flexibility index (Phi) is 6.52. The molecule has 180 valence electrons. The molecular formula is C28H31N5OS. The van der Waals surface area contributed by atoms with E-state index < -0.39 is 0 Å². The van der Waals surface area contributed by atoms with Crippen molar-refractivity contribution in [3.05, 3.63) is 71.4 Å². The average molecular weight is 486 g/mol. The van der Waals surface area contributed by atoms with E-state index in [9.17, 15) is 4.79 Å². The second-order valence-electron chi connectivity index (χ2n) is 9.41. The number of carbonyl (C=O) groups is 1. The van der Waals surface area contributed by atoms with Gasteiger partial charge in [-0.2, -0.15) is 9.61 Å². The molecule has 1 aliphatic heterocycles. The number of anilines is 2. The third-order valence-electron chi connectivity index (χ3n) is 6.58. The number of benzene rings is 2. The summed E-state index contributed by atoms with van der Waals surface area (Å²) in [5.41, 5.74) is 7.17. The highest BCUT2D eigenvalue weighted by Crippen LogP contribution is 2.29. The van der Waals surface area contributed by atoms with Crippen molar-refractivity contribution >= 4 is 34.8 Å². The zero-order chi connectivity index (χ0) is 24.5. The van der Waals surface area contributed by atoms with Crippen LogP contribution in [0.25, 0.3) is 16.9 Å². The number of carbonyl (C=O) groups excluding carboxylic acids is 1. The van der Waals surface area contributed by atoms with Crippen LogP contribution in [0.3, 0.4) is 0 Å². The van der Waals surface area contributed by atoms with Crippen LogP contribution in [0.5, 0.6) is 0 Å². The van der Waals surface area contributed by atoms with E-state index >= 15 is 0 Å². The Labute approximate surface area is 210 Å². The number of thioether (sulfide) groups is 1. The molecule has 1 amide bonds. The molecule has 35 heavy (non-hydrogen) atoms. The first kappa shape index (κ1) is 23.4. The number of piperidine rings is 1. The second kappa shape index (κ2) is 9.74. The quantitative estimate of drug-likeness (QED) is 0.357. The lowest BCUT2D eigenvalue weighted by atomic mass is 9.95. The highest BCUT2D eigenvalue weighted by Gasteiger charge is 2.27.